The molecule has 30 heavy (non-hydrogen) atoms. The molecule has 0 spiro atoms. The molecule has 0 aliphatic rings. The molecule has 0 saturated heterocycles. The molecule has 2 aromatic rings. The van der Waals surface area contributed by atoms with Crippen molar-refractivity contribution in [3.63, 3.8) is 0 Å². The third kappa shape index (κ3) is 4.97. The Balaban J connectivity index is 2.71. The lowest BCUT2D eigenvalue weighted by molar-refractivity contribution is 0.0427. The number of hydrogen-bond acceptors (Lipinski definition) is 9. The highest BCUT2D eigenvalue weighted by molar-refractivity contribution is 6.11. The highest BCUT2D eigenvalue weighted by atomic mass is 16.6. The molecular formula is C19H26N4O7. The Labute approximate surface area is 173 Å². The van der Waals surface area contributed by atoms with Gasteiger partial charge in [-0.25, -0.2) is 23.9 Å². The largest absolute Gasteiger partial charge is 0.491 e. The summed E-state index contributed by atoms with van der Waals surface area (Å²) in [5, 5.41) is 4.03. The van der Waals surface area contributed by atoms with Crippen LogP contribution in [0.5, 0.6) is 5.75 Å². The number of rotatable bonds is 3. The minimum Gasteiger partial charge on any atom is -0.491 e. The molecule has 2 amide bonds. The van der Waals surface area contributed by atoms with E-state index in [9.17, 15) is 14.4 Å². The van der Waals surface area contributed by atoms with Crippen molar-refractivity contribution < 1.29 is 33.3 Å². The van der Waals surface area contributed by atoms with Crippen molar-refractivity contribution in [3.05, 3.63) is 18.1 Å². The quantitative estimate of drug-likeness (QED) is 0.542. The number of carbonyl (C=O) groups excluding carboxylic acids is 3. The first kappa shape index (κ1) is 22.9. The van der Waals surface area contributed by atoms with Crippen molar-refractivity contribution >= 4 is 29.5 Å². The molecular weight excluding hydrogens is 396 g/mol. The van der Waals surface area contributed by atoms with Gasteiger partial charge < -0.3 is 18.9 Å². The summed E-state index contributed by atoms with van der Waals surface area (Å²) in [7, 11) is 2.52. The molecule has 0 radical (unpaired) electrons. The van der Waals surface area contributed by atoms with Gasteiger partial charge in [0, 0.05) is 0 Å². The highest BCUT2D eigenvalue weighted by Gasteiger charge is 2.37. The van der Waals surface area contributed by atoms with E-state index in [0.717, 1.165) is 0 Å². The van der Waals surface area contributed by atoms with Gasteiger partial charge in [0.2, 0.25) is 0 Å². The standard InChI is InChI=1S/C19H26N4O7/c1-18(2,3)29-16(25)23(17(26)30-19(4,5)6)14-13(27-7)12-11(15(24)28-8)9-21-22(12)10-20-14/h9-10H,1-8H3. The van der Waals surface area contributed by atoms with E-state index in [1.54, 1.807) is 41.5 Å². The van der Waals surface area contributed by atoms with E-state index in [2.05, 4.69) is 10.1 Å². The topological polar surface area (TPSA) is 122 Å². The molecule has 0 atom stereocenters. The van der Waals surface area contributed by atoms with Crippen molar-refractivity contribution in [2.45, 2.75) is 52.7 Å². The van der Waals surface area contributed by atoms with E-state index < -0.39 is 29.4 Å². The number of fused-ring (bicyclic) bond motifs is 1. The van der Waals surface area contributed by atoms with Crippen molar-refractivity contribution in [2.75, 3.05) is 19.1 Å². The van der Waals surface area contributed by atoms with Crippen LogP contribution < -0.4 is 9.64 Å². The lowest BCUT2D eigenvalue weighted by Gasteiger charge is -2.28. The van der Waals surface area contributed by atoms with Crippen LogP contribution in [0.15, 0.2) is 12.5 Å². The number of methoxy groups -OCH3 is 2. The van der Waals surface area contributed by atoms with Crippen molar-refractivity contribution in [3.8, 4) is 5.75 Å². The maximum atomic E-state index is 12.9. The van der Waals surface area contributed by atoms with Crippen LogP contribution in [0.25, 0.3) is 5.52 Å². The molecule has 2 heterocycles. The maximum absolute atomic E-state index is 12.9. The zero-order chi connectivity index (χ0) is 22.9. The zero-order valence-corrected chi connectivity index (χ0v) is 18.3. The summed E-state index contributed by atoms with van der Waals surface area (Å²) in [6.45, 7) is 9.91. The molecule has 2 aromatic heterocycles. The maximum Gasteiger partial charge on any atom is 0.425 e. The number of ether oxygens (including phenoxy) is 4. The number of imide groups is 1. The number of carbonyl (C=O) groups is 3. The van der Waals surface area contributed by atoms with Crippen LogP contribution >= 0.6 is 0 Å². The lowest BCUT2D eigenvalue weighted by Crippen LogP contribution is -2.44. The number of nitrogens with zero attached hydrogens (tertiary/aromatic N) is 4. The van der Waals surface area contributed by atoms with E-state index in [4.69, 9.17) is 18.9 Å². The second-order valence-corrected chi connectivity index (χ2v) is 8.24. The molecule has 11 heteroatoms. The van der Waals surface area contributed by atoms with E-state index >= 15 is 0 Å². The Hall–Kier alpha value is -3.37. The van der Waals surface area contributed by atoms with Crippen LogP contribution in [0.1, 0.15) is 51.9 Å². The minimum atomic E-state index is -1.02. The fraction of sp³-hybridized carbons (Fsp3) is 0.526. The third-order valence-electron chi connectivity index (χ3n) is 3.48. The second kappa shape index (κ2) is 8.17. The molecule has 0 fully saturated rings. The van der Waals surface area contributed by atoms with Crippen LogP contribution in [0.2, 0.25) is 0 Å². The Morgan fingerprint density at radius 3 is 1.93 bits per heavy atom. The van der Waals surface area contributed by atoms with Gasteiger partial charge in [-0.15, -0.1) is 0 Å². The average molecular weight is 422 g/mol. The average Bonchev–Trinajstić information content (AvgIpc) is 3.02. The number of amides is 2. The van der Waals surface area contributed by atoms with E-state index in [1.807, 2.05) is 0 Å². The zero-order valence-electron chi connectivity index (χ0n) is 18.3. The second-order valence-electron chi connectivity index (χ2n) is 8.24. The van der Waals surface area contributed by atoms with Gasteiger partial charge in [0.05, 0.1) is 20.4 Å². The van der Waals surface area contributed by atoms with Crippen LogP contribution in [-0.2, 0) is 14.2 Å². The number of aromatic nitrogens is 3. The first-order valence-electron chi connectivity index (χ1n) is 9.03. The molecule has 2 rings (SSSR count). The van der Waals surface area contributed by atoms with Gasteiger partial charge in [0.25, 0.3) is 0 Å². The van der Waals surface area contributed by atoms with Crippen LogP contribution in [0.4, 0.5) is 15.4 Å². The molecule has 0 aliphatic heterocycles. The molecule has 0 N–H and O–H groups in total. The monoisotopic (exact) mass is 422 g/mol. The number of hydrogen-bond donors (Lipinski definition) is 0. The van der Waals surface area contributed by atoms with Crippen LogP contribution in [0.3, 0.4) is 0 Å². The Morgan fingerprint density at radius 2 is 1.50 bits per heavy atom. The van der Waals surface area contributed by atoms with E-state index in [1.165, 1.54) is 31.3 Å². The summed E-state index contributed by atoms with van der Waals surface area (Å²) in [6, 6.07) is 0. The first-order chi connectivity index (χ1) is 13.8. The summed E-state index contributed by atoms with van der Waals surface area (Å²) in [5.41, 5.74) is -1.58. The smallest absolute Gasteiger partial charge is 0.425 e. The fourth-order valence-electron chi connectivity index (χ4n) is 2.42. The summed E-state index contributed by atoms with van der Waals surface area (Å²) >= 11 is 0. The van der Waals surface area contributed by atoms with Crippen molar-refractivity contribution in [2.24, 2.45) is 0 Å². The van der Waals surface area contributed by atoms with E-state index in [-0.39, 0.29) is 22.6 Å². The van der Waals surface area contributed by atoms with Crippen LogP contribution in [-0.4, -0.2) is 58.2 Å². The SMILES string of the molecule is COC(=O)c1cnn2cnc(N(C(=O)OC(C)(C)C)C(=O)OC(C)(C)C)c(OC)c12. The lowest BCUT2D eigenvalue weighted by atomic mass is 10.2. The van der Waals surface area contributed by atoms with Gasteiger partial charge in [0.1, 0.15) is 28.6 Å². The summed E-state index contributed by atoms with van der Waals surface area (Å²) in [6.07, 6.45) is 0.444. The molecule has 0 bridgehead atoms. The van der Waals surface area contributed by atoms with Gasteiger partial charge in [-0.2, -0.15) is 10.00 Å². The predicted molar refractivity (Wildman–Crippen MR) is 106 cm³/mol. The van der Waals surface area contributed by atoms with Gasteiger partial charge in [-0.05, 0) is 41.5 Å². The molecule has 0 saturated carbocycles. The molecule has 0 unspecified atom stereocenters. The molecule has 164 valence electrons. The fourth-order valence-corrected chi connectivity index (χ4v) is 2.42. The normalized spacial score (nSPS) is 11.7. The summed E-state index contributed by atoms with van der Waals surface area (Å²) < 4.78 is 22.1. The summed E-state index contributed by atoms with van der Waals surface area (Å²) in [4.78, 5) is 42.7. The summed E-state index contributed by atoms with van der Waals surface area (Å²) in [5.74, 6) is -0.965. The van der Waals surface area contributed by atoms with Crippen molar-refractivity contribution in [1.82, 2.24) is 14.6 Å². The highest BCUT2D eigenvalue weighted by Crippen LogP contribution is 2.34. The first-order valence-corrected chi connectivity index (χ1v) is 9.03. The van der Waals surface area contributed by atoms with Crippen LogP contribution in [0, 0.1) is 0 Å². The Kier molecular flexibility index (Phi) is 6.24. The number of anilines is 1. The molecule has 0 aliphatic carbocycles. The van der Waals surface area contributed by atoms with E-state index in [0.29, 0.717) is 4.90 Å². The predicted octanol–water partition coefficient (Wildman–Crippen LogP) is 3.20. The van der Waals surface area contributed by atoms with Gasteiger partial charge in [-0.3, -0.25) is 0 Å². The number of esters is 1. The Morgan fingerprint density at radius 1 is 0.967 bits per heavy atom. The molecule has 11 nitrogen and oxygen atoms in total. The Bertz CT molecular complexity index is 942. The minimum absolute atomic E-state index is 0.0614. The van der Waals surface area contributed by atoms with Gasteiger partial charge >= 0.3 is 18.2 Å². The third-order valence-corrected chi connectivity index (χ3v) is 3.48. The van der Waals surface area contributed by atoms with Gasteiger partial charge in [0.15, 0.2) is 11.6 Å². The van der Waals surface area contributed by atoms with Crippen molar-refractivity contribution in [1.29, 1.82) is 0 Å². The molecule has 0 aromatic carbocycles. The van der Waals surface area contributed by atoms with Gasteiger partial charge in [-0.1, -0.05) is 0 Å².